The van der Waals surface area contributed by atoms with Gasteiger partial charge in [-0.15, -0.1) is 0 Å². The van der Waals surface area contributed by atoms with Gasteiger partial charge >= 0.3 is 0 Å². The highest BCUT2D eigenvalue weighted by molar-refractivity contribution is 5.44. The molecule has 1 aliphatic rings. The summed E-state index contributed by atoms with van der Waals surface area (Å²) in [6, 6.07) is 15.0. The van der Waals surface area contributed by atoms with E-state index >= 15 is 0 Å². The predicted molar refractivity (Wildman–Crippen MR) is 77.9 cm³/mol. The molecule has 3 heteroatoms. The number of quaternary nitrogens is 1. The molecule has 3 N–H and O–H groups in total. The lowest BCUT2D eigenvalue weighted by molar-refractivity contribution is -0.426. The van der Waals surface area contributed by atoms with Gasteiger partial charge in [0.25, 0.3) is 0 Å². The number of rotatable bonds is 3. The van der Waals surface area contributed by atoms with Gasteiger partial charge in [-0.25, -0.2) is 0 Å². The molecule has 0 aliphatic carbocycles. The van der Waals surface area contributed by atoms with E-state index in [0.29, 0.717) is 13.2 Å². The van der Waals surface area contributed by atoms with E-state index in [-0.39, 0.29) is 6.04 Å². The Morgan fingerprint density at radius 1 is 1.00 bits per heavy atom. The third-order valence-electron chi connectivity index (χ3n) is 3.64. The van der Waals surface area contributed by atoms with E-state index in [1.54, 1.807) is 0 Å². The highest BCUT2D eigenvalue weighted by Crippen LogP contribution is 2.32. The maximum Gasteiger partial charge on any atom is 0.161 e. The molecule has 104 valence electrons. The van der Waals surface area contributed by atoms with Crippen LogP contribution in [-0.4, -0.2) is 13.2 Å². The molecule has 20 heavy (non-hydrogen) atoms. The van der Waals surface area contributed by atoms with Crippen molar-refractivity contribution in [2.75, 3.05) is 13.2 Å². The van der Waals surface area contributed by atoms with Gasteiger partial charge in [0.2, 0.25) is 0 Å². The van der Waals surface area contributed by atoms with Crippen LogP contribution in [0.1, 0.15) is 22.7 Å². The minimum Gasteiger partial charge on any atom is -0.486 e. The van der Waals surface area contributed by atoms with Crippen LogP contribution in [0.2, 0.25) is 0 Å². The van der Waals surface area contributed by atoms with Gasteiger partial charge in [-0.05, 0) is 30.7 Å². The number of hydrogen-bond acceptors (Lipinski definition) is 2. The Morgan fingerprint density at radius 3 is 2.45 bits per heavy atom. The molecule has 0 saturated carbocycles. The summed E-state index contributed by atoms with van der Waals surface area (Å²) >= 11 is 0. The first-order valence-corrected chi connectivity index (χ1v) is 7.00. The summed E-state index contributed by atoms with van der Waals surface area (Å²) in [5.74, 6) is 1.67. The fraction of sp³-hybridized carbons (Fsp3) is 0.294. The summed E-state index contributed by atoms with van der Waals surface area (Å²) in [5, 5.41) is 0. The van der Waals surface area contributed by atoms with Crippen LogP contribution in [0.25, 0.3) is 0 Å². The van der Waals surface area contributed by atoms with E-state index < -0.39 is 0 Å². The fourth-order valence-electron chi connectivity index (χ4n) is 2.44. The van der Waals surface area contributed by atoms with Crippen LogP contribution < -0.4 is 15.2 Å². The highest BCUT2D eigenvalue weighted by Gasteiger charge is 2.16. The molecule has 2 aromatic carbocycles. The summed E-state index contributed by atoms with van der Waals surface area (Å²) in [6.45, 7) is 3.35. The second-order valence-electron chi connectivity index (χ2n) is 5.29. The summed E-state index contributed by atoms with van der Waals surface area (Å²) in [5.41, 5.74) is 8.06. The maximum atomic E-state index is 5.63. The molecule has 1 aliphatic heterocycles. The van der Waals surface area contributed by atoms with Crippen LogP contribution in [0, 0.1) is 6.92 Å². The monoisotopic (exact) mass is 270 g/mol. The van der Waals surface area contributed by atoms with Crippen LogP contribution in [0.3, 0.4) is 0 Å². The molecule has 0 amide bonds. The van der Waals surface area contributed by atoms with Gasteiger partial charge in [-0.2, -0.15) is 0 Å². The van der Waals surface area contributed by atoms with E-state index in [1.807, 2.05) is 6.07 Å². The third kappa shape index (κ3) is 2.78. The predicted octanol–water partition coefficient (Wildman–Crippen LogP) is 2.29. The first-order chi connectivity index (χ1) is 9.72. The zero-order valence-corrected chi connectivity index (χ0v) is 11.8. The molecule has 0 unspecified atom stereocenters. The number of benzene rings is 2. The SMILES string of the molecule is Cc1ccc(C[C@H]([NH3+])c2ccc3c(c2)OCCO3)cc1. The van der Waals surface area contributed by atoms with Crippen molar-refractivity contribution in [2.45, 2.75) is 19.4 Å². The van der Waals surface area contributed by atoms with Crippen molar-refractivity contribution in [1.29, 1.82) is 0 Å². The zero-order valence-electron chi connectivity index (χ0n) is 11.8. The highest BCUT2D eigenvalue weighted by atomic mass is 16.6. The average molecular weight is 270 g/mol. The Balaban J connectivity index is 1.76. The van der Waals surface area contributed by atoms with Crippen LogP contribution in [0.4, 0.5) is 0 Å². The van der Waals surface area contributed by atoms with Gasteiger partial charge in [-0.3, -0.25) is 0 Å². The van der Waals surface area contributed by atoms with Crippen molar-refractivity contribution in [3.05, 3.63) is 59.2 Å². The van der Waals surface area contributed by atoms with Crippen molar-refractivity contribution in [3.8, 4) is 11.5 Å². The van der Waals surface area contributed by atoms with Gasteiger partial charge < -0.3 is 15.2 Å². The zero-order chi connectivity index (χ0) is 13.9. The Hall–Kier alpha value is -2.00. The van der Waals surface area contributed by atoms with Gasteiger partial charge in [0, 0.05) is 12.0 Å². The number of aryl methyl sites for hydroxylation is 1. The molecule has 0 saturated heterocycles. The number of fused-ring (bicyclic) bond motifs is 1. The molecule has 3 rings (SSSR count). The molecule has 2 aromatic rings. The summed E-state index contributed by atoms with van der Waals surface area (Å²) in [7, 11) is 0. The van der Waals surface area contributed by atoms with E-state index in [4.69, 9.17) is 9.47 Å². The summed E-state index contributed by atoms with van der Waals surface area (Å²) < 4.78 is 11.2. The largest absolute Gasteiger partial charge is 0.486 e. The second-order valence-corrected chi connectivity index (χ2v) is 5.29. The molecule has 1 atom stereocenters. The molecule has 3 nitrogen and oxygen atoms in total. The molecule has 0 radical (unpaired) electrons. The molecule has 0 fully saturated rings. The van der Waals surface area contributed by atoms with Crippen LogP contribution in [0.5, 0.6) is 11.5 Å². The van der Waals surface area contributed by atoms with E-state index in [0.717, 1.165) is 17.9 Å². The maximum absolute atomic E-state index is 5.63. The lowest BCUT2D eigenvalue weighted by Gasteiger charge is -2.19. The normalized spacial score (nSPS) is 14.9. The number of ether oxygens (including phenoxy) is 2. The van der Waals surface area contributed by atoms with Crippen molar-refractivity contribution >= 4 is 0 Å². The lowest BCUT2D eigenvalue weighted by Crippen LogP contribution is -2.54. The second kappa shape index (κ2) is 5.55. The van der Waals surface area contributed by atoms with E-state index in [9.17, 15) is 0 Å². The third-order valence-corrected chi connectivity index (χ3v) is 3.64. The van der Waals surface area contributed by atoms with Crippen LogP contribution in [0.15, 0.2) is 42.5 Å². The smallest absolute Gasteiger partial charge is 0.161 e. The first kappa shape index (κ1) is 13.0. The standard InChI is InChI=1S/C17H19NO2/c1-12-2-4-13(5-3-12)10-15(18)14-6-7-16-17(11-14)20-9-8-19-16/h2-7,11,15H,8-10,18H2,1H3/p+1/t15-/m0/s1. The topological polar surface area (TPSA) is 46.1 Å². The van der Waals surface area contributed by atoms with E-state index in [2.05, 4.69) is 49.1 Å². The van der Waals surface area contributed by atoms with Crippen molar-refractivity contribution < 1.29 is 15.2 Å². The first-order valence-electron chi connectivity index (χ1n) is 7.00. The minimum absolute atomic E-state index is 0.216. The Bertz CT molecular complexity index is 592. The Kier molecular flexibility index (Phi) is 3.61. The van der Waals surface area contributed by atoms with Gasteiger partial charge in [0.15, 0.2) is 11.5 Å². The van der Waals surface area contributed by atoms with Crippen molar-refractivity contribution in [2.24, 2.45) is 0 Å². The summed E-state index contributed by atoms with van der Waals surface area (Å²) in [4.78, 5) is 0. The fourth-order valence-corrected chi connectivity index (χ4v) is 2.44. The molecule has 0 aromatic heterocycles. The molecule has 0 spiro atoms. The molecule has 0 bridgehead atoms. The number of hydrogen-bond donors (Lipinski definition) is 1. The molecule has 1 heterocycles. The lowest BCUT2D eigenvalue weighted by atomic mass is 9.98. The van der Waals surface area contributed by atoms with Gasteiger partial charge in [0.1, 0.15) is 19.3 Å². The average Bonchev–Trinajstić information content (AvgIpc) is 2.49. The van der Waals surface area contributed by atoms with Gasteiger partial charge in [0.05, 0.1) is 0 Å². The quantitative estimate of drug-likeness (QED) is 0.930. The molecular formula is C17H20NO2+. The summed E-state index contributed by atoms with van der Waals surface area (Å²) in [6.07, 6.45) is 0.930. The van der Waals surface area contributed by atoms with Crippen LogP contribution >= 0.6 is 0 Å². The Morgan fingerprint density at radius 2 is 1.70 bits per heavy atom. The van der Waals surface area contributed by atoms with Crippen molar-refractivity contribution in [3.63, 3.8) is 0 Å². The molecular weight excluding hydrogens is 250 g/mol. The van der Waals surface area contributed by atoms with E-state index in [1.165, 1.54) is 16.7 Å². The Labute approximate surface area is 119 Å². The van der Waals surface area contributed by atoms with Crippen LogP contribution in [-0.2, 0) is 6.42 Å². The van der Waals surface area contributed by atoms with Gasteiger partial charge in [-0.1, -0.05) is 29.8 Å². The van der Waals surface area contributed by atoms with Crippen molar-refractivity contribution in [1.82, 2.24) is 0 Å². The minimum atomic E-state index is 0.216.